The van der Waals surface area contributed by atoms with Crippen LogP contribution in [0.25, 0.3) is 0 Å². The Hall–Kier alpha value is -0.00312. The number of nitriles is 1. The average molecular weight is 218 g/mol. The van der Waals surface area contributed by atoms with E-state index < -0.39 is 8.83 Å². The first kappa shape index (κ1) is 13.0. The van der Waals surface area contributed by atoms with E-state index in [2.05, 4.69) is 40.7 Å². The second-order valence-electron chi connectivity index (χ2n) is 4.47. The molecule has 13 heavy (non-hydrogen) atoms. The van der Waals surface area contributed by atoms with Crippen molar-refractivity contribution in [3.05, 3.63) is 0 Å². The van der Waals surface area contributed by atoms with Gasteiger partial charge in [0, 0.05) is 0 Å². The maximum atomic E-state index is 9.27. The van der Waals surface area contributed by atoms with Crippen molar-refractivity contribution in [2.45, 2.75) is 39.7 Å². The van der Waals surface area contributed by atoms with Crippen molar-refractivity contribution in [2.24, 2.45) is 17.8 Å². The van der Waals surface area contributed by atoms with Gasteiger partial charge in [0.2, 0.25) is 0 Å². The lowest BCUT2D eigenvalue weighted by atomic mass is 9.78. The molecular formula is C10H20ClNSi. The molecule has 3 heteroatoms. The first-order valence-electron chi connectivity index (χ1n) is 4.89. The molecule has 0 spiro atoms. The highest BCUT2D eigenvalue weighted by molar-refractivity contribution is 6.95. The van der Waals surface area contributed by atoms with Crippen LogP contribution in [0, 0.1) is 29.1 Å². The molecule has 0 aliphatic carbocycles. The minimum Gasteiger partial charge on any atom is -0.198 e. The van der Waals surface area contributed by atoms with Gasteiger partial charge in [-0.2, -0.15) is 16.3 Å². The summed E-state index contributed by atoms with van der Waals surface area (Å²) in [5.41, 5.74) is 0. The van der Waals surface area contributed by atoms with Gasteiger partial charge in [-0.1, -0.05) is 34.6 Å². The number of nitrogens with zero attached hydrogens (tertiary/aromatic N) is 1. The number of halogens is 1. The van der Waals surface area contributed by atoms with E-state index in [-0.39, 0.29) is 5.04 Å². The summed E-state index contributed by atoms with van der Waals surface area (Å²) in [4.78, 5) is 0. The Morgan fingerprint density at radius 1 is 1.23 bits per heavy atom. The Labute approximate surface area is 89.0 Å². The van der Waals surface area contributed by atoms with Crippen molar-refractivity contribution in [3.63, 3.8) is 0 Å². The molecule has 0 aromatic heterocycles. The summed E-state index contributed by atoms with van der Waals surface area (Å²) in [6.07, 6.45) is 0. The van der Waals surface area contributed by atoms with E-state index in [4.69, 9.17) is 11.1 Å². The van der Waals surface area contributed by atoms with Gasteiger partial charge in [0.1, 0.15) is 8.83 Å². The zero-order valence-electron chi connectivity index (χ0n) is 9.26. The molecule has 0 aliphatic rings. The second-order valence-corrected chi connectivity index (χ2v) is 6.71. The number of hydrogen-bond donors (Lipinski definition) is 0. The van der Waals surface area contributed by atoms with Crippen LogP contribution in [0.4, 0.5) is 0 Å². The minimum absolute atomic E-state index is 0.226. The highest BCUT2D eigenvalue weighted by Crippen LogP contribution is 2.45. The van der Waals surface area contributed by atoms with Crippen LogP contribution in [-0.2, 0) is 0 Å². The van der Waals surface area contributed by atoms with Crippen LogP contribution in [0.5, 0.6) is 0 Å². The van der Waals surface area contributed by atoms with Gasteiger partial charge in [-0.3, -0.25) is 0 Å². The Bertz CT molecular complexity index is 198. The van der Waals surface area contributed by atoms with E-state index in [0.717, 1.165) is 0 Å². The highest BCUT2D eigenvalue weighted by atomic mass is 35.6. The lowest BCUT2D eigenvalue weighted by molar-refractivity contribution is 0.287. The molecule has 0 amide bonds. The van der Waals surface area contributed by atoms with Crippen LogP contribution in [0.15, 0.2) is 0 Å². The molecule has 0 saturated heterocycles. The lowest BCUT2D eigenvalue weighted by Crippen LogP contribution is -2.32. The summed E-state index contributed by atoms with van der Waals surface area (Å²) in [6, 6.07) is 2.48. The van der Waals surface area contributed by atoms with Crippen molar-refractivity contribution in [2.75, 3.05) is 0 Å². The maximum absolute atomic E-state index is 9.27. The second kappa shape index (κ2) is 5.02. The van der Waals surface area contributed by atoms with Crippen molar-refractivity contribution < 1.29 is 0 Å². The summed E-state index contributed by atoms with van der Waals surface area (Å²) >= 11 is 6.07. The Morgan fingerprint density at radius 3 is 1.77 bits per heavy atom. The van der Waals surface area contributed by atoms with E-state index in [1.807, 2.05) is 0 Å². The largest absolute Gasteiger partial charge is 0.198 e. The quantitative estimate of drug-likeness (QED) is 0.525. The van der Waals surface area contributed by atoms with Crippen LogP contribution in [0.2, 0.25) is 5.04 Å². The Morgan fingerprint density at radius 2 is 1.69 bits per heavy atom. The van der Waals surface area contributed by atoms with Crippen molar-refractivity contribution in [1.82, 2.24) is 0 Å². The highest BCUT2D eigenvalue weighted by Gasteiger charge is 2.40. The van der Waals surface area contributed by atoms with E-state index >= 15 is 0 Å². The molecule has 0 aliphatic heterocycles. The molecule has 0 aromatic carbocycles. The first-order valence-corrected chi connectivity index (χ1v) is 7.74. The molecule has 1 nitrogen and oxygen atoms in total. The fourth-order valence-electron chi connectivity index (χ4n) is 1.66. The van der Waals surface area contributed by atoms with Crippen LogP contribution < -0.4 is 0 Å². The standard InChI is InChI=1S/C10H20ClNSi/c1-7(2)9(5)10(6-12,13-11)8(3)4/h7-9H,13H2,1-5H3. The molecule has 0 heterocycles. The summed E-state index contributed by atoms with van der Waals surface area (Å²) in [7, 11) is -0.806. The fraction of sp³-hybridized carbons (Fsp3) is 0.900. The van der Waals surface area contributed by atoms with Gasteiger partial charge in [0.25, 0.3) is 0 Å². The number of hydrogen-bond acceptors (Lipinski definition) is 1. The fourth-order valence-corrected chi connectivity index (χ4v) is 4.58. The normalized spacial score (nSPS) is 19.3. The van der Waals surface area contributed by atoms with Gasteiger partial charge in [-0.15, -0.1) is 0 Å². The third kappa shape index (κ3) is 2.48. The van der Waals surface area contributed by atoms with Crippen LogP contribution >= 0.6 is 11.1 Å². The monoisotopic (exact) mass is 217 g/mol. The predicted molar refractivity (Wildman–Crippen MR) is 61.5 cm³/mol. The molecule has 0 fully saturated rings. The zero-order chi connectivity index (χ0) is 10.6. The molecule has 0 N–H and O–H groups in total. The molecule has 0 radical (unpaired) electrons. The third-order valence-electron chi connectivity index (χ3n) is 3.27. The molecule has 0 bridgehead atoms. The van der Waals surface area contributed by atoms with Gasteiger partial charge in [-0.25, -0.2) is 0 Å². The van der Waals surface area contributed by atoms with Crippen LogP contribution in [0.3, 0.4) is 0 Å². The SMILES string of the molecule is CC(C)C(C)C(C#N)([SiH2]Cl)C(C)C. The van der Waals surface area contributed by atoms with E-state index in [1.54, 1.807) is 0 Å². The summed E-state index contributed by atoms with van der Waals surface area (Å²) in [6.45, 7) is 10.7. The molecular weight excluding hydrogens is 198 g/mol. The maximum Gasteiger partial charge on any atom is 0.147 e. The third-order valence-corrected chi connectivity index (χ3v) is 6.66. The molecule has 0 rings (SSSR count). The van der Waals surface area contributed by atoms with Crippen molar-refractivity contribution in [1.29, 1.82) is 5.26 Å². The van der Waals surface area contributed by atoms with Gasteiger partial charge in [-0.05, 0) is 17.8 Å². The van der Waals surface area contributed by atoms with Gasteiger partial charge in [0.05, 0.1) is 11.1 Å². The topological polar surface area (TPSA) is 23.8 Å². The molecule has 76 valence electrons. The summed E-state index contributed by atoms with van der Waals surface area (Å²) in [5.74, 6) is 1.31. The predicted octanol–water partition coefficient (Wildman–Crippen LogP) is 2.94. The molecule has 2 unspecified atom stereocenters. The zero-order valence-corrected chi connectivity index (χ0v) is 11.4. The van der Waals surface area contributed by atoms with Gasteiger partial charge in [0.15, 0.2) is 0 Å². The van der Waals surface area contributed by atoms with Gasteiger partial charge >= 0.3 is 0 Å². The first-order chi connectivity index (χ1) is 5.92. The van der Waals surface area contributed by atoms with Crippen molar-refractivity contribution in [3.8, 4) is 6.07 Å². The Balaban J connectivity index is 4.89. The molecule has 0 saturated carbocycles. The average Bonchev–Trinajstić information content (AvgIpc) is 2.06. The summed E-state index contributed by atoms with van der Waals surface area (Å²) < 4.78 is 0. The molecule has 2 atom stereocenters. The van der Waals surface area contributed by atoms with Gasteiger partial charge < -0.3 is 0 Å². The van der Waals surface area contributed by atoms with Crippen molar-refractivity contribution >= 4 is 19.9 Å². The Kier molecular flexibility index (Phi) is 5.02. The smallest absolute Gasteiger partial charge is 0.147 e. The van der Waals surface area contributed by atoms with E-state index in [0.29, 0.717) is 17.8 Å². The van der Waals surface area contributed by atoms with Crippen LogP contribution in [-0.4, -0.2) is 8.83 Å². The molecule has 0 aromatic rings. The number of rotatable bonds is 4. The van der Waals surface area contributed by atoms with Crippen LogP contribution in [0.1, 0.15) is 34.6 Å². The van der Waals surface area contributed by atoms with E-state index in [1.165, 1.54) is 0 Å². The summed E-state index contributed by atoms with van der Waals surface area (Å²) in [5, 5.41) is 9.04. The minimum atomic E-state index is -0.806. The van der Waals surface area contributed by atoms with E-state index in [9.17, 15) is 5.26 Å². The lowest BCUT2D eigenvalue weighted by Gasteiger charge is -2.36.